The van der Waals surface area contributed by atoms with Crippen molar-refractivity contribution in [2.45, 2.75) is 27.2 Å². The molecular formula is C14H19NO4. The second-order valence-electron chi connectivity index (χ2n) is 3.89. The van der Waals surface area contributed by atoms with Gasteiger partial charge in [0.25, 0.3) is 0 Å². The van der Waals surface area contributed by atoms with Gasteiger partial charge in [0.15, 0.2) is 0 Å². The molecule has 0 fully saturated rings. The quantitative estimate of drug-likeness (QED) is 0.652. The van der Waals surface area contributed by atoms with E-state index in [0.29, 0.717) is 17.7 Å². The van der Waals surface area contributed by atoms with E-state index in [1.165, 1.54) is 6.07 Å². The minimum absolute atomic E-state index is 0.212. The number of nitrogens with two attached hydrogens (primary N) is 1. The van der Waals surface area contributed by atoms with Crippen LogP contribution in [0.3, 0.4) is 0 Å². The number of carbonyl (C=O) groups is 2. The van der Waals surface area contributed by atoms with Gasteiger partial charge in [-0.2, -0.15) is 0 Å². The van der Waals surface area contributed by atoms with Crippen LogP contribution in [-0.2, 0) is 15.9 Å². The summed E-state index contributed by atoms with van der Waals surface area (Å²) in [6, 6.07) is 3.07. The van der Waals surface area contributed by atoms with Gasteiger partial charge in [-0.1, -0.05) is 6.92 Å². The highest BCUT2D eigenvalue weighted by molar-refractivity contribution is 6.00. The molecule has 19 heavy (non-hydrogen) atoms. The van der Waals surface area contributed by atoms with Crippen molar-refractivity contribution in [2.24, 2.45) is 0 Å². The van der Waals surface area contributed by atoms with Crippen LogP contribution in [0.2, 0.25) is 0 Å². The van der Waals surface area contributed by atoms with Crippen LogP contribution in [0.15, 0.2) is 12.1 Å². The Morgan fingerprint density at radius 3 is 2.16 bits per heavy atom. The fourth-order valence-corrected chi connectivity index (χ4v) is 1.72. The first-order valence-corrected chi connectivity index (χ1v) is 6.31. The van der Waals surface area contributed by atoms with Crippen LogP contribution >= 0.6 is 0 Å². The molecule has 0 bridgehead atoms. The third-order valence-electron chi connectivity index (χ3n) is 2.65. The summed E-state index contributed by atoms with van der Waals surface area (Å²) in [5, 5.41) is 0. The lowest BCUT2D eigenvalue weighted by atomic mass is 10.0. The van der Waals surface area contributed by atoms with Crippen molar-refractivity contribution in [1.82, 2.24) is 0 Å². The van der Waals surface area contributed by atoms with Crippen molar-refractivity contribution in [1.29, 1.82) is 0 Å². The first-order valence-electron chi connectivity index (χ1n) is 6.31. The topological polar surface area (TPSA) is 78.6 Å². The normalized spacial score (nSPS) is 10.1. The number of hydrogen-bond donors (Lipinski definition) is 1. The number of rotatable bonds is 5. The summed E-state index contributed by atoms with van der Waals surface area (Å²) in [6.07, 6.45) is 0.617. The third-order valence-corrected chi connectivity index (χ3v) is 2.65. The molecule has 104 valence electrons. The SMILES string of the molecule is CCOC(=O)c1cc(CC)c(N)c(C(=O)OCC)c1. The first-order chi connectivity index (χ1) is 9.04. The Morgan fingerprint density at radius 2 is 1.63 bits per heavy atom. The molecule has 0 saturated carbocycles. The molecule has 5 nitrogen and oxygen atoms in total. The number of esters is 2. The molecule has 0 amide bonds. The van der Waals surface area contributed by atoms with Crippen LogP contribution in [-0.4, -0.2) is 25.2 Å². The zero-order chi connectivity index (χ0) is 14.4. The van der Waals surface area contributed by atoms with Crippen molar-refractivity contribution in [2.75, 3.05) is 18.9 Å². The molecule has 0 aliphatic heterocycles. The van der Waals surface area contributed by atoms with Gasteiger partial charge in [-0.3, -0.25) is 0 Å². The molecule has 0 aliphatic carbocycles. The Labute approximate surface area is 112 Å². The zero-order valence-corrected chi connectivity index (χ0v) is 11.5. The molecule has 1 aromatic carbocycles. The lowest BCUT2D eigenvalue weighted by Gasteiger charge is -2.12. The first kappa shape index (κ1) is 15.0. The van der Waals surface area contributed by atoms with Crippen molar-refractivity contribution in [3.63, 3.8) is 0 Å². The Bertz CT molecular complexity index is 483. The molecule has 0 heterocycles. The molecular weight excluding hydrogens is 246 g/mol. The Kier molecular flexibility index (Phi) is 5.36. The van der Waals surface area contributed by atoms with Crippen LogP contribution in [0.5, 0.6) is 0 Å². The molecule has 0 atom stereocenters. The summed E-state index contributed by atoms with van der Waals surface area (Å²) in [5.74, 6) is -0.997. The van der Waals surface area contributed by atoms with Gasteiger partial charge < -0.3 is 15.2 Å². The highest BCUT2D eigenvalue weighted by Crippen LogP contribution is 2.22. The van der Waals surface area contributed by atoms with Crippen molar-refractivity contribution in [3.05, 3.63) is 28.8 Å². The minimum Gasteiger partial charge on any atom is -0.462 e. The fourth-order valence-electron chi connectivity index (χ4n) is 1.72. The van der Waals surface area contributed by atoms with E-state index in [1.54, 1.807) is 19.9 Å². The maximum absolute atomic E-state index is 11.8. The van der Waals surface area contributed by atoms with Gasteiger partial charge in [0.1, 0.15) is 0 Å². The van der Waals surface area contributed by atoms with Crippen LogP contribution in [0.1, 0.15) is 47.1 Å². The van der Waals surface area contributed by atoms with Crippen LogP contribution in [0.4, 0.5) is 5.69 Å². The molecule has 1 aromatic rings. The number of nitrogen functional groups attached to an aromatic ring is 1. The van der Waals surface area contributed by atoms with E-state index in [0.717, 1.165) is 5.56 Å². The fraction of sp³-hybridized carbons (Fsp3) is 0.429. The minimum atomic E-state index is -0.527. The largest absolute Gasteiger partial charge is 0.462 e. The summed E-state index contributed by atoms with van der Waals surface area (Å²) in [6.45, 7) is 5.87. The summed E-state index contributed by atoms with van der Waals surface area (Å²) >= 11 is 0. The number of aryl methyl sites for hydroxylation is 1. The van der Waals surface area contributed by atoms with E-state index in [1.807, 2.05) is 6.92 Å². The molecule has 0 unspecified atom stereocenters. The van der Waals surface area contributed by atoms with Gasteiger partial charge in [-0.25, -0.2) is 9.59 Å². The van der Waals surface area contributed by atoms with Gasteiger partial charge in [-0.15, -0.1) is 0 Å². The number of anilines is 1. The van der Waals surface area contributed by atoms with E-state index in [4.69, 9.17) is 15.2 Å². The summed E-state index contributed by atoms with van der Waals surface area (Å²) in [7, 11) is 0. The van der Waals surface area contributed by atoms with Crippen LogP contribution in [0.25, 0.3) is 0 Å². The molecule has 0 radical (unpaired) electrons. The van der Waals surface area contributed by atoms with E-state index in [-0.39, 0.29) is 18.8 Å². The Hall–Kier alpha value is -2.04. The number of benzene rings is 1. The van der Waals surface area contributed by atoms with Crippen molar-refractivity contribution in [3.8, 4) is 0 Å². The smallest absolute Gasteiger partial charge is 0.340 e. The van der Waals surface area contributed by atoms with Crippen molar-refractivity contribution < 1.29 is 19.1 Å². The molecule has 0 spiro atoms. The predicted molar refractivity (Wildman–Crippen MR) is 72.1 cm³/mol. The number of carbonyl (C=O) groups excluding carboxylic acids is 2. The van der Waals surface area contributed by atoms with Gasteiger partial charge in [0, 0.05) is 5.69 Å². The maximum Gasteiger partial charge on any atom is 0.340 e. The van der Waals surface area contributed by atoms with Gasteiger partial charge in [0.05, 0.1) is 24.3 Å². The monoisotopic (exact) mass is 265 g/mol. The van der Waals surface area contributed by atoms with Gasteiger partial charge in [0.2, 0.25) is 0 Å². The Morgan fingerprint density at radius 1 is 1.05 bits per heavy atom. The highest BCUT2D eigenvalue weighted by atomic mass is 16.5. The molecule has 0 saturated heterocycles. The summed E-state index contributed by atoms with van der Waals surface area (Å²) in [5.41, 5.74) is 7.53. The average molecular weight is 265 g/mol. The van der Waals surface area contributed by atoms with Gasteiger partial charge in [-0.05, 0) is 38.0 Å². The molecule has 2 N–H and O–H groups in total. The zero-order valence-electron chi connectivity index (χ0n) is 11.5. The van der Waals surface area contributed by atoms with E-state index >= 15 is 0 Å². The highest BCUT2D eigenvalue weighted by Gasteiger charge is 2.18. The van der Waals surface area contributed by atoms with E-state index < -0.39 is 11.9 Å². The lowest BCUT2D eigenvalue weighted by molar-refractivity contribution is 0.0526. The Balaban J connectivity index is 3.25. The predicted octanol–water partition coefficient (Wildman–Crippen LogP) is 2.18. The maximum atomic E-state index is 11.8. The summed E-state index contributed by atoms with van der Waals surface area (Å²) in [4.78, 5) is 23.6. The molecule has 0 aromatic heterocycles. The standard InChI is InChI=1S/C14H19NO4/c1-4-9-7-10(13(16)18-5-2)8-11(12(9)15)14(17)19-6-3/h7-8H,4-6,15H2,1-3H3. The van der Waals surface area contributed by atoms with E-state index in [2.05, 4.69) is 0 Å². The summed E-state index contributed by atoms with van der Waals surface area (Å²) < 4.78 is 9.86. The lowest BCUT2D eigenvalue weighted by Crippen LogP contribution is -2.13. The molecule has 5 heteroatoms. The second-order valence-corrected chi connectivity index (χ2v) is 3.89. The molecule has 1 rings (SSSR count). The van der Waals surface area contributed by atoms with Crippen molar-refractivity contribution >= 4 is 17.6 Å². The van der Waals surface area contributed by atoms with Crippen LogP contribution in [0, 0.1) is 0 Å². The van der Waals surface area contributed by atoms with Gasteiger partial charge >= 0.3 is 11.9 Å². The van der Waals surface area contributed by atoms with E-state index in [9.17, 15) is 9.59 Å². The van der Waals surface area contributed by atoms with Crippen LogP contribution < -0.4 is 5.73 Å². The number of hydrogen-bond acceptors (Lipinski definition) is 5. The number of ether oxygens (including phenoxy) is 2. The average Bonchev–Trinajstić information content (AvgIpc) is 2.39. The third kappa shape index (κ3) is 3.47. The second kappa shape index (κ2) is 6.78. The molecule has 0 aliphatic rings.